The quantitative estimate of drug-likeness (QED) is 0.834. The van der Waals surface area contributed by atoms with Crippen molar-refractivity contribution in [1.82, 2.24) is 9.78 Å². The molecule has 2 rings (SSSR count). The van der Waals surface area contributed by atoms with Crippen molar-refractivity contribution in [3.8, 4) is 11.1 Å². The lowest BCUT2D eigenvalue weighted by Crippen LogP contribution is -1.97. The van der Waals surface area contributed by atoms with Crippen molar-refractivity contribution < 1.29 is 0 Å². The zero-order valence-corrected chi connectivity index (χ0v) is 9.99. The number of hydrogen-bond donors (Lipinski definition) is 1. The smallest absolute Gasteiger partial charge is 0.0571 e. The van der Waals surface area contributed by atoms with Crippen molar-refractivity contribution in [1.29, 1.82) is 0 Å². The van der Waals surface area contributed by atoms with E-state index >= 15 is 0 Å². The van der Waals surface area contributed by atoms with Crippen molar-refractivity contribution in [2.45, 2.75) is 20.4 Å². The highest BCUT2D eigenvalue weighted by atomic mass is 15.3. The van der Waals surface area contributed by atoms with Crippen molar-refractivity contribution in [2.75, 3.05) is 0 Å². The average molecular weight is 215 g/mol. The molecule has 0 aliphatic rings. The Balaban J connectivity index is 2.52. The monoisotopic (exact) mass is 215 g/mol. The van der Waals surface area contributed by atoms with Gasteiger partial charge in [-0.25, -0.2) is 0 Å². The number of rotatable bonds is 2. The first-order chi connectivity index (χ1) is 7.63. The van der Waals surface area contributed by atoms with Crippen LogP contribution in [0, 0.1) is 13.8 Å². The predicted molar refractivity (Wildman–Crippen MR) is 66.0 cm³/mol. The topological polar surface area (TPSA) is 43.8 Å². The fourth-order valence-electron chi connectivity index (χ4n) is 1.92. The first kappa shape index (κ1) is 10.9. The van der Waals surface area contributed by atoms with Gasteiger partial charge >= 0.3 is 0 Å². The molecule has 2 N–H and O–H groups in total. The number of nitrogens with two attached hydrogens (primary N) is 1. The van der Waals surface area contributed by atoms with E-state index in [0.29, 0.717) is 6.54 Å². The molecule has 0 spiro atoms. The van der Waals surface area contributed by atoms with E-state index in [-0.39, 0.29) is 0 Å². The minimum Gasteiger partial charge on any atom is -0.326 e. The summed E-state index contributed by atoms with van der Waals surface area (Å²) in [6, 6.07) is 6.35. The Morgan fingerprint density at radius 1 is 1.25 bits per heavy atom. The number of aryl methyl sites for hydroxylation is 2. The number of aromatic nitrogens is 2. The van der Waals surface area contributed by atoms with E-state index in [1.54, 1.807) is 0 Å². The second-order valence-electron chi connectivity index (χ2n) is 4.12. The third kappa shape index (κ3) is 1.74. The van der Waals surface area contributed by atoms with E-state index < -0.39 is 0 Å². The Morgan fingerprint density at radius 3 is 2.50 bits per heavy atom. The van der Waals surface area contributed by atoms with Gasteiger partial charge in [0, 0.05) is 24.8 Å². The number of hydrogen-bond acceptors (Lipinski definition) is 2. The van der Waals surface area contributed by atoms with E-state index in [2.05, 4.69) is 37.1 Å². The van der Waals surface area contributed by atoms with Crippen LogP contribution in [0.2, 0.25) is 0 Å². The molecule has 2 aromatic rings. The molecular weight excluding hydrogens is 198 g/mol. The molecule has 3 heteroatoms. The van der Waals surface area contributed by atoms with Crippen LogP contribution in [0.25, 0.3) is 11.1 Å². The maximum Gasteiger partial charge on any atom is 0.0571 e. The summed E-state index contributed by atoms with van der Waals surface area (Å²) in [7, 11) is 1.96. The minimum atomic E-state index is 0.590. The molecular formula is C13H17N3. The first-order valence-corrected chi connectivity index (χ1v) is 5.42. The van der Waals surface area contributed by atoms with E-state index in [9.17, 15) is 0 Å². The first-order valence-electron chi connectivity index (χ1n) is 5.42. The summed E-state index contributed by atoms with van der Waals surface area (Å²) in [5, 5.41) is 4.27. The normalized spacial score (nSPS) is 10.8. The fourth-order valence-corrected chi connectivity index (χ4v) is 1.92. The van der Waals surface area contributed by atoms with E-state index in [1.807, 2.05) is 17.9 Å². The summed E-state index contributed by atoms with van der Waals surface area (Å²) in [5.41, 5.74) is 11.7. The molecule has 0 aliphatic carbocycles. The van der Waals surface area contributed by atoms with Crippen molar-refractivity contribution in [2.24, 2.45) is 12.8 Å². The van der Waals surface area contributed by atoms with Crippen LogP contribution in [0.4, 0.5) is 0 Å². The molecule has 84 valence electrons. The third-order valence-electron chi connectivity index (χ3n) is 3.05. The number of nitrogens with zero attached hydrogens (tertiary/aromatic N) is 2. The molecule has 0 aliphatic heterocycles. The Labute approximate surface area is 95.9 Å². The zero-order chi connectivity index (χ0) is 11.7. The second-order valence-corrected chi connectivity index (χ2v) is 4.12. The van der Waals surface area contributed by atoms with Gasteiger partial charge in [0.15, 0.2) is 0 Å². The standard InChI is InChI=1S/C13H17N3/c1-9-6-11(7-14)4-5-12(9)13-8-15-16(3)10(13)2/h4-6,8H,7,14H2,1-3H3. The third-order valence-corrected chi connectivity index (χ3v) is 3.05. The van der Waals surface area contributed by atoms with E-state index in [4.69, 9.17) is 5.73 Å². The molecule has 1 aromatic carbocycles. The van der Waals surface area contributed by atoms with Crippen LogP contribution in [0.5, 0.6) is 0 Å². The molecule has 16 heavy (non-hydrogen) atoms. The Kier molecular flexibility index (Phi) is 2.79. The van der Waals surface area contributed by atoms with Gasteiger partial charge in [-0.1, -0.05) is 18.2 Å². The fraction of sp³-hybridized carbons (Fsp3) is 0.308. The Hall–Kier alpha value is -1.61. The van der Waals surface area contributed by atoms with Gasteiger partial charge in [0.2, 0.25) is 0 Å². The molecule has 0 unspecified atom stereocenters. The molecule has 0 fully saturated rings. The highest BCUT2D eigenvalue weighted by Gasteiger charge is 2.08. The summed E-state index contributed by atoms with van der Waals surface area (Å²) >= 11 is 0. The maximum absolute atomic E-state index is 5.63. The van der Waals surface area contributed by atoms with Crippen LogP contribution in [-0.2, 0) is 13.6 Å². The predicted octanol–water partition coefficient (Wildman–Crippen LogP) is 2.16. The molecule has 3 nitrogen and oxygen atoms in total. The van der Waals surface area contributed by atoms with Crippen molar-refractivity contribution >= 4 is 0 Å². The minimum absolute atomic E-state index is 0.590. The van der Waals surface area contributed by atoms with Gasteiger partial charge in [0.1, 0.15) is 0 Å². The van der Waals surface area contributed by atoms with E-state index in [0.717, 1.165) is 0 Å². The lowest BCUT2D eigenvalue weighted by molar-refractivity contribution is 0.740. The molecule has 1 heterocycles. The Morgan fingerprint density at radius 2 is 2.00 bits per heavy atom. The van der Waals surface area contributed by atoms with Crippen molar-refractivity contribution in [3.05, 3.63) is 41.2 Å². The SMILES string of the molecule is Cc1cc(CN)ccc1-c1cnn(C)c1C. The van der Waals surface area contributed by atoms with Gasteiger partial charge in [-0.2, -0.15) is 5.10 Å². The summed E-state index contributed by atoms with van der Waals surface area (Å²) < 4.78 is 1.89. The molecule has 0 saturated heterocycles. The summed E-state index contributed by atoms with van der Waals surface area (Å²) in [6.07, 6.45) is 1.92. The molecule has 0 saturated carbocycles. The molecule has 0 amide bonds. The second kappa shape index (κ2) is 4.10. The molecule has 0 bridgehead atoms. The molecule has 0 atom stereocenters. The van der Waals surface area contributed by atoms with Crippen LogP contribution < -0.4 is 5.73 Å². The molecule has 1 aromatic heterocycles. The van der Waals surface area contributed by atoms with E-state index in [1.165, 1.54) is 27.9 Å². The van der Waals surface area contributed by atoms with Crippen molar-refractivity contribution in [3.63, 3.8) is 0 Å². The lowest BCUT2D eigenvalue weighted by Gasteiger charge is -2.07. The van der Waals surface area contributed by atoms with Gasteiger partial charge in [-0.15, -0.1) is 0 Å². The average Bonchev–Trinajstić information content (AvgIpc) is 2.60. The maximum atomic E-state index is 5.63. The van der Waals surface area contributed by atoms with Gasteiger partial charge in [0.25, 0.3) is 0 Å². The van der Waals surface area contributed by atoms with Gasteiger partial charge < -0.3 is 5.73 Å². The van der Waals surface area contributed by atoms with Crippen LogP contribution in [0.15, 0.2) is 24.4 Å². The summed E-state index contributed by atoms with van der Waals surface area (Å²) in [6.45, 7) is 4.78. The number of benzene rings is 1. The van der Waals surface area contributed by atoms with Crippen LogP contribution in [0.3, 0.4) is 0 Å². The lowest BCUT2D eigenvalue weighted by atomic mass is 9.99. The van der Waals surface area contributed by atoms with Gasteiger partial charge in [-0.3, -0.25) is 4.68 Å². The molecule has 0 radical (unpaired) electrons. The highest BCUT2D eigenvalue weighted by Crippen LogP contribution is 2.26. The zero-order valence-electron chi connectivity index (χ0n) is 9.99. The summed E-state index contributed by atoms with van der Waals surface area (Å²) in [5.74, 6) is 0. The van der Waals surface area contributed by atoms with Gasteiger partial charge in [-0.05, 0) is 30.5 Å². The summed E-state index contributed by atoms with van der Waals surface area (Å²) in [4.78, 5) is 0. The van der Waals surface area contributed by atoms with Crippen LogP contribution >= 0.6 is 0 Å². The van der Waals surface area contributed by atoms with Crippen LogP contribution in [-0.4, -0.2) is 9.78 Å². The largest absolute Gasteiger partial charge is 0.326 e. The highest BCUT2D eigenvalue weighted by molar-refractivity contribution is 5.69. The van der Waals surface area contributed by atoms with Crippen LogP contribution in [0.1, 0.15) is 16.8 Å². The Bertz CT molecular complexity index is 512. The van der Waals surface area contributed by atoms with Gasteiger partial charge in [0.05, 0.1) is 6.20 Å².